The first-order valence-electron chi connectivity index (χ1n) is 9.61. The van der Waals surface area contributed by atoms with Gasteiger partial charge in [-0.2, -0.15) is 0 Å². The molecule has 1 aliphatic heterocycles. The molecule has 0 aliphatic carbocycles. The Kier molecular flexibility index (Phi) is 11.1. The fraction of sp³-hybridized carbons (Fsp3) is 0.941. The van der Waals surface area contributed by atoms with Gasteiger partial charge in [0, 0.05) is 32.8 Å². The Balaban J connectivity index is 2.35. The maximum atomic E-state index is 12.1. The lowest BCUT2D eigenvalue weighted by Crippen LogP contribution is -2.42. The molecule has 0 aromatic carbocycles. The molecule has 0 bridgehead atoms. The standard InChI is InChI=1S/C17H36N4O3S/c1-4-15(5-2)13-20-17(18-6-3)19-10-12-25(22,23)21-14-16-9-7-8-11-24-16/h15-16,21H,4-14H2,1-3H3,(H2,18,19,20). The molecule has 1 atom stereocenters. The number of hydrogen-bond donors (Lipinski definition) is 3. The average Bonchev–Trinajstić information content (AvgIpc) is 2.61. The number of ether oxygens (including phenoxy) is 1. The van der Waals surface area contributed by atoms with Crippen molar-refractivity contribution >= 4 is 16.0 Å². The minimum absolute atomic E-state index is 0.00962. The monoisotopic (exact) mass is 376 g/mol. The van der Waals surface area contributed by atoms with Crippen molar-refractivity contribution in [1.82, 2.24) is 15.4 Å². The number of nitrogens with zero attached hydrogens (tertiary/aromatic N) is 1. The molecule has 1 fully saturated rings. The number of aliphatic imine (C=N–C) groups is 1. The van der Waals surface area contributed by atoms with E-state index in [0.29, 0.717) is 25.0 Å². The molecule has 0 aromatic heterocycles. The lowest BCUT2D eigenvalue weighted by atomic mass is 10.0. The summed E-state index contributed by atoms with van der Waals surface area (Å²) < 4.78 is 32.4. The van der Waals surface area contributed by atoms with Crippen molar-refractivity contribution < 1.29 is 13.2 Å². The highest BCUT2D eigenvalue weighted by molar-refractivity contribution is 7.89. The van der Waals surface area contributed by atoms with Gasteiger partial charge in [0.15, 0.2) is 5.96 Å². The summed E-state index contributed by atoms with van der Waals surface area (Å²) in [6, 6.07) is 0. The predicted molar refractivity (Wildman–Crippen MR) is 103 cm³/mol. The van der Waals surface area contributed by atoms with Crippen LogP contribution in [0.25, 0.3) is 0 Å². The Morgan fingerprint density at radius 1 is 1.20 bits per heavy atom. The van der Waals surface area contributed by atoms with Gasteiger partial charge in [-0.1, -0.05) is 26.7 Å². The normalized spacial score (nSPS) is 19.2. The van der Waals surface area contributed by atoms with Gasteiger partial charge in [0.2, 0.25) is 10.0 Å². The second-order valence-corrected chi connectivity index (χ2v) is 8.41. The average molecular weight is 377 g/mol. The number of sulfonamides is 1. The molecule has 1 rings (SSSR count). The van der Waals surface area contributed by atoms with Crippen LogP contribution in [-0.4, -0.2) is 59.0 Å². The summed E-state index contributed by atoms with van der Waals surface area (Å²) in [5.41, 5.74) is 0. The quantitative estimate of drug-likeness (QED) is 0.375. The first-order chi connectivity index (χ1) is 12.0. The van der Waals surface area contributed by atoms with Crippen LogP contribution < -0.4 is 15.4 Å². The van der Waals surface area contributed by atoms with Gasteiger partial charge in [-0.3, -0.25) is 4.99 Å². The van der Waals surface area contributed by atoms with Crippen molar-refractivity contribution in [3.63, 3.8) is 0 Å². The van der Waals surface area contributed by atoms with E-state index in [4.69, 9.17) is 4.74 Å². The third-order valence-electron chi connectivity index (χ3n) is 4.47. The molecule has 148 valence electrons. The molecule has 1 saturated heterocycles. The summed E-state index contributed by atoms with van der Waals surface area (Å²) >= 11 is 0. The van der Waals surface area contributed by atoms with Crippen molar-refractivity contribution in [2.75, 3.05) is 38.5 Å². The highest BCUT2D eigenvalue weighted by atomic mass is 32.2. The molecule has 1 unspecified atom stereocenters. The van der Waals surface area contributed by atoms with Crippen LogP contribution in [-0.2, 0) is 14.8 Å². The first-order valence-corrected chi connectivity index (χ1v) is 11.3. The van der Waals surface area contributed by atoms with E-state index in [9.17, 15) is 8.42 Å². The molecule has 25 heavy (non-hydrogen) atoms. The van der Waals surface area contributed by atoms with E-state index in [-0.39, 0.29) is 11.9 Å². The molecule has 0 amide bonds. The summed E-state index contributed by atoms with van der Waals surface area (Å²) in [5.74, 6) is 1.27. The van der Waals surface area contributed by atoms with Crippen LogP contribution in [0.4, 0.5) is 0 Å². The fourth-order valence-electron chi connectivity index (χ4n) is 2.67. The van der Waals surface area contributed by atoms with E-state index in [1.807, 2.05) is 6.92 Å². The molecule has 1 aliphatic rings. The summed E-state index contributed by atoms with van der Waals surface area (Å²) in [7, 11) is -3.31. The van der Waals surface area contributed by atoms with Crippen LogP contribution >= 0.6 is 0 Å². The van der Waals surface area contributed by atoms with E-state index in [2.05, 4.69) is 34.2 Å². The van der Waals surface area contributed by atoms with Gasteiger partial charge in [0.25, 0.3) is 0 Å². The Bertz CT molecular complexity index is 472. The van der Waals surface area contributed by atoms with Crippen LogP contribution in [0, 0.1) is 5.92 Å². The van der Waals surface area contributed by atoms with E-state index >= 15 is 0 Å². The van der Waals surface area contributed by atoms with Crippen LogP contribution in [0.1, 0.15) is 52.9 Å². The molecule has 7 nitrogen and oxygen atoms in total. The zero-order valence-corrected chi connectivity index (χ0v) is 16.8. The third kappa shape index (κ3) is 10.0. The van der Waals surface area contributed by atoms with E-state index < -0.39 is 10.0 Å². The lowest BCUT2D eigenvalue weighted by molar-refractivity contribution is 0.0200. The maximum absolute atomic E-state index is 12.1. The molecular formula is C17H36N4O3S. The Labute approximate surface area is 153 Å². The zero-order chi connectivity index (χ0) is 18.5. The second kappa shape index (κ2) is 12.5. The van der Waals surface area contributed by atoms with Crippen LogP contribution in [0.3, 0.4) is 0 Å². The Morgan fingerprint density at radius 3 is 2.56 bits per heavy atom. The van der Waals surface area contributed by atoms with E-state index in [1.54, 1.807) is 0 Å². The highest BCUT2D eigenvalue weighted by Gasteiger charge is 2.17. The maximum Gasteiger partial charge on any atom is 0.213 e. The zero-order valence-electron chi connectivity index (χ0n) is 16.0. The largest absolute Gasteiger partial charge is 0.377 e. The molecular weight excluding hydrogens is 340 g/mol. The van der Waals surface area contributed by atoms with Gasteiger partial charge in [-0.25, -0.2) is 13.1 Å². The Morgan fingerprint density at radius 2 is 1.96 bits per heavy atom. The first kappa shape index (κ1) is 22.2. The van der Waals surface area contributed by atoms with Gasteiger partial charge < -0.3 is 15.4 Å². The molecule has 0 spiro atoms. The van der Waals surface area contributed by atoms with E-state index in [1.165, 1.54) is 0 Å². The van der Waals surface area contributed by atoms with Crippen molar-refractivity contribution in [3.8, 4) is 0 Å². The summed E-state index contributed by atoms with van der Waals surface area (Å²) in [6.45, 7) is 9.26. The second-order valence-electron chi connectivity index (χ2n) is 6.48. The van der Waals surface area contributed by atoms with E-state index in [0.717, 1.165) is 51.8 Å². The van der Waals surface area contributed by atoms with Crippen molar-refractivity contribution in [2.24, 2.45) is 10.9 Å². The number of guanidine groups is 1. The van der Waals surface area contributed by atoms with Crippen LogP contribution in [0.15, 0.2) is 4.99 Å². The van der Waals surface area contributed by atoms with Gasteiger partial charge in [-0.15, -0.1) is 0 Å². The fourth-order valence-corrected chi connectivity index (χ4v) is 3.63. The van der Waals surface area contributed by atoms with Crippen molar-refractivity contribution in [3.05, 3.63) is 0 Å². The SMILES string of the molecule is CCNC(=NCC(CC)CC)NCCS(=O)(=O)NCC1CCCCO1. The molecule has 0 saturated carbocycles. The molecule has 0 radical (unpaired) electrons. The summed E-state index contributed by atoms with van der Waals surface area (Å²) in [4.78, 5) is 4.55. The van der Waals surface area contributed by atoms with Crippen molar-refractivity contribution in [1.29, 1.82) is 0 Å². The van der Waals surface area contributed by atoms with Crippen LogP contribution in [0.5, 0.6) is 0 Å². The topological polar surface area (TPSA) is 91.8 Å². The third-order valence-corrected chi connectivity index (χ3v) is 5.82. The summed E-state index contributed by atoms with van der Waals surface area (Å²) in [5, 5.41) is 6.27. The smallest absolute Gasteiger partial charge is 0.213 e. The molecule has 1 heterocycles. The highest BCUT2D eigenvalue weighted by Crippen LogP contribution is 2.11. The Hall–Kier alpha value is -0.860. The predicted octanol–water partition coefficient (Wildman–Crippen LogP) is 1.47. The number of rotatable bonds is 11. The van der Waals surface area contributed by atoms with Crippen molar-refractivity contribution in [2.45, 2.75) is 59.0 Å². The number of hydrogen-bond acceptors (Lipinski definition) is 4. The molecule has 8 heteroatoms. The minimum atomic E-state index is -3.31. The number of nitrogens with one attached hydrogen (secondary N) is 3. The van der Waals surface area contributed by atoms with Gasteiger partial charge in [0.1, 0.15) is 0 Å². The molecule has 3 N–H and O–H groups in total. The summed E-state index contributed by atoms with van der Waals surface area (Å²) in [6.07, 6.45) is 5.30. The van der Waals surface area contributed by atoms with Gasteiger partial charge >= 0.3 is 0 Å². The lowest BCUT2D eigenvalue weighted by Gasteiger charge is -2.22. The van der Waals surface area contributed by atoms with Crippen LogP contribution in [0.2, 0.25) is 0 Å². The van der Waals surface area contributed by atoms with Gasteiger partial charge in [-0.05, 0) is 32.1 Å². The van der Waals surface area contributed by atoms with Gasteiger partial charge in [0.05, 0.1) is 11.9 Å². The minimum Gasteiger partial charge on any atom is -0.377 e. The molecule has 0 aromatic rings.